The van der Waals surface area contributed by atoms with Crippen LogP contribution in [0.25, 0.3) is 16.7 Å². The van der Waals surface area contributed by atoms with Crippen molar-refractivity contribution in [2.24, 2.45) is 0 Å². The van der Waals surface area contributed by atoms with Gasteiger partial charge in [-0.25, -0.2) is 0 Å². The monoisotopic (exact) mass is 504 g/mol. The van der Waals surface area contributed by atoms with Crippen molar-refractivity contribution in [2.45, 2.75) is 20.3 Å². The van der Waals surface area contributed by atoms with Gasteiger partial charge in [-0.3, -0.25) is 0 Å². The maximum absolute atomic E-state index is 2.68. The van der Waals surface area contributed by atoms with Gasteiger partial charge in [0.1, 0.15) is 0 Å². The van der Waals surface area contributed by atoms with Crippen LogP contribution in [-0.4, -0.2) is 5.43 Å². The van der Waals surface area contributed by atoms with Crippen LogP contribution >= 0.6 is 0 Å². The number of hydrogen-bond donors (Lipinski definition) is 0. The van der Waals surface area contributed by atoms with Gasteiger partial charge in [-0.05, 0) is 0 Å². The van der Waals surface area contributed by atoms with Crippen LogP contribution in [0.4, 0.5) is 0 Å². The van der Waals surface area contributed by atoms with Crippen molar-refractivity contribution in [3.63, 3.8) is 0 Å². The first-order valence-electron chi connectivity index (χ1n) is 11.5. The normalized spacial score (nSPS) is 16.2. The van der Waals surface area contributed by atoms with Crippen LogP contribution in [0.1, 0.15) is 35.1 Å². The van der Waals surface area contributed by atoms with E-state index in [0.717, 1.165) is 0 Å². The summed E-state index contributed by atoms with van der Waals surface area (Å²) in [6.45, 7) is 5.19. The first-order valence-corrected chi connectivity index (χ1v) is 20.5. The van der Waals surface area contributed by atoms with Crippen molar-refractivity contribution < 1.29 is 20.4 Å². The van der Waals surface area contributed by atoms with Crippen LogP contribution in [0, 0.1) is 0 Å². The molecule has 1 atom stereocenters. The summed E-state index contributed by atoms with van der Waals surface area (Å²) in [6.07, 6.45) is 2.68. The van der Waals surface area contributed by atoms with E-state index in [-0.39, 0.29) is 0 Å². The molecular weight excluding hydrogens is 480 g/mol. The maximum atomic E-state index is 2.68. The molecule has 0 nitrogen and oxygen atoms in total. The standard InChI is InChI=1S/C15H11.C13H9.C2H6Si.Zr/c1-2-6-12(7-3-1)15-11-10-13-8-4-5-9-14(13)15;1-3-7-12-10(5-1)9-11-6-2-4-8-13(11)12;1-3-2;/h1-11H;1-9H;1-2H3;. The average molecular weight is 506 g/mol. The molecule has 4 aromatic rings. The molecule has 1 unspecified atom stereocenters. The second-order valence-corrected chi connectivity index (χ2v) is 27.1. The Kier molecular flexibility index (Phi) is 5.24. The summed E-state index contributed by atoms with van der Waals surface area (Å²) in [4.78, 5) is 0. The second kappa shape index (κ2) is 8.25. The third-order valence-corrected chi connectivity index (χ3v) is 26.2. The van der Waals surface area contributed by atoms with Gasteiger partial charge in [0.15, 0.2) is 0 Å². The predicted molar refractivity (Wildman–Crippen MR) is 134 cm³/mol. The fourth-order valence-corrected chi connectivity index (χ4v) is 25.1. The zero-order valence-electron chi connectivity index (χ0n) is 18.5. The summed E-state index contributed by atoms with van der Waals surface area (Å²) < 4.78 is 1.29. The topological polar surface area (TPSA) is 0 Å². The Balaban J connectivity index is 1.58. The summed E-state index contributed by atoms with van der Waals surface area (Å²) in [5.74, 6) is 0. The van der Waals surface area contributed by atoms with E-state index in [1.54, 1.807) is 16.7 Å². The van der Waals surface area contributed by atoms with Crippen LogP contribution in [0.3, 0.4) is 0 Å². The number of hydrogen-bond acceptors (Lipinski definition) is 0. The Morgan fingerprint density at radius 3 is 1.66 bits per heavy atom. The van der Waals surface area contributed by atoms with Crippen LogP contribution in [0.5, 0.6) is 0 Å². The van der Waals surface area contributed by atoms with Gasteiger partial charge >= 0.3 is 200 Å². The minimum atomic E-state index is -2.03. The van der Waals surface area contributed by atoms with E-state index < -0.39 is 25.8 Å². The molecule has 0 aromatic heterocycles. The Morgan fingerprint density at radius 2 is 1.06 bits per heavy atom. The van der Waals surface area contributed by atoms with Crippen molar-refractivity contribution >= 4 is 11.0 Å². The molecule has 0 spiro atoms. The Labute approximate surface area is 198 Å². The van der Waals surface area contributed by atoms with E-state index in [0.29, 0.717) is 7.25 Å². The van der Waals surface area contributed by atoms with Crippen molar-refractivity contribution in [3.05, 3.63) is 137 Å². The van der Waals surface area contributed by atoms with E-state index in [9.17, 15) is 0 Å². The van der Waals surface area contributed by atoms with Gasteiger partial charge in [0.05, 0.1) is 0 Å². The molecular formula is C30H26SiZr. The number of rotatable bonds is 3. The summed E-state index contributed by atoms with van der Waals surface area (Å²) in [7, 11) is 0. The van der Waals surface area contributed by atoms with Gasteiger partial charge in [0.2, 0.25) is 0 Å². The molecule has 0 bridgehead atoms. The summed E-state index contributed by atoms with van der Waals surface area (Å²) in [5.41, 5.74) is 11.6. The molecule has 2 heteroatoms. The molecule has 6 rings (SSSR count). The zero-order valence-corrected chi connectivity index (χ0v) is 22.0. The molecule has 154 valence electrons. The van der Waals surface area contributed by atoms with E-state index >= 15 is 0 Å². The summed E-state index contributed by atoms with van der Waals surface area (Å²) in [5, 5.41) is 0. The fourth-order valence-electron chi connectivity index (χ4n) is 5.76. The molecule has 0 radical (unpaired) electrons. The zero-order chi connectivity index (χ0) is 21.7. The van der Waals surface area contributed by atoms with Crippen LogP contribution in [0.2, 0.25) is 13.1 Å². The molecule has 0 N–H and O–H groups in total. The van der Waals surface area contributed by atoms with E-state index in [2.05, 4.69) is 122 Å². The van der Waals surface area contributed by atoms with Crippen LogP contribution in [-0.2, 0) is 20.4 Å². The Bertz CT molecular complexity index is 1350. The van der Waals surface area contributed by atoms with Crippen LogP contribution < -0.4 is 0 Å². The first kappa shape index (κ1) is 20.3. The molecule has 0 fully saturated rings. The SMILES string of the molecule is C[Si](C)=[Zr]([CH]1C=C(c2ccccc2)c2ccccc21)[CH]1c2ccccc2-c2ccccc21. The fraction of sp³-hybridized carbons (Fsp3) is 0.133. The molecule has 2 aliphatic rings. The van der Waals surface area contributed by atoms with Gasteiger partial charge in [0.25, 0.3) is 0 Å². The van der Waals surface area contributed by atoms with Crippen molar-refractivity contribution in [2.75, 3.05) is 0 Å². The van der Waals surface area contributed by atoms with Gasteiger partial charge in [-0.2, -0.15) is 0 Å². The van der Waals surface area contributed by atoms with Gasteiger partial charge in [-0.1, -0.05) is 0 Å². The van der Waals surface area contributed by atoms with Gasteiger partial charge < -0.3 is 0 Å². The number of fused-ring (bicyclic) bond motifs is 4. The molecule has 0 saturated carbocycles. The van der Waals surface area contributed by atoms with Gasteiger partial charge in [0, 0.05) is 0 Å². The molecule has 0 amide bonds. The molecule has 0 saturated heterocycles. The number of allylic oxidation sites excluding steroid dienone is 1. The molecule has 32 heavy (non-hydrogen) atoms. The van der Waals surface area contributed by atoms with Crippen molar-refractivity contribution in [1.82, 2.24) is 0 Å². The van der Waals surface area contributed by atoms with E-state index in [4.69, 9.17) is 0 Å². The number of benzene rings is 4. The third kappa shape index (κ3) is 3.19. The summed E-state index contributed by atoms with van der Waals surface area (Å²) >= 11 is -2.03. The molecule has 2 aliphatic carbocycles. The first-order chi connectivity index (χ1) is 15.7. The van der Waals surface area contributed by atoms with E-state index in [1.165, 1.54) is 27.8 Å². The molecule has 4 aromatic carbocycles. The Hall–Kier alpha value is -2.28. The third-order valence-electron chi connectivity index (χ3n) is 7.06. The van der Waals surface area contributed by atoms with Crippen LogP contribution in [0.15, 0.2) is 109 Å². The Morgan fingerprint density at radius 1 is 0.562 bits per heavy atom. The quantitative estimate of drug-likeness (QED) is 0.249. The van der Waals surface area contributed by atoms with Gasteiger partial charge in [-0.15, -0.1) is 0 Å². The second-order valence-electron chi connectivity index (χ2n) is 9.07. The van der Waals surface area contributed by atoms with E-state index in [1.807, 2.05) is 0 Å². The molecule has 0 aliphatic heterocycles. The average Bonchev–Trinajstić information content (AvgIpc) is 3.37. The molecule has 0 heterocycles. The summed E-state index contributed by atoms with van der Waals surface area (Å²) in [6, 6.07) is 38.7. The predicted octanol–water partition coefficient (Wildman–Crippen LogP) is 7.81. The minimum absolute atomic E-state index is 0.416. The van der Waals surface area contributed by atoms with Crippen molar-refractivity contribution in [1.29, 1.82) is 0 Å². The van der Waals surface area contributed by atoms with Crippen molar-refractivity contribution in [3.8, 4) is 11.1 Å².